The maximum Gasteiger partial charge on any atom is 0.274 e. The molecular weight excluding hydrogens is 307 g/mol. The van der Waals surface area contributed by atoms with Gasteiger partial charge in [0.25, 0.3) is 5.91 Å². The highest BCUT2D eigenvalue weighted by molar-refractivity contribution is 5.95. The minimum atomic E-state index is -0.750. The lowest BCUT2D eigenvalue weighted by molar-refractivity contribution is 0.0951. The molecule has 0 atom stereocenters. The summed E-state index contributed by atoms with van der Waals surface area (Å²) in [5.74, 6) is -1.41. The number of hydrazone groups is 1. The number of nitriles is 1. The lowest BCUT2D eigenvalue weighted by Crippen LogP contribution is -2.19. The first-order valence-corrected chi connectivity index (χ1v) is 7.56. The van der Waals surface area contributed by atoms with E-state index in [1.807, 2.05) is 26.0 Å². The van der Waals surface area contributed by atoms with Crippen molar-refractivity contribution in [1.82, 2.24) is 9.99 Å². The van der Waals surface area contributed by atoms with Crippen LogP contribution >= 0.6 is 0 Å². The molecule has 0 saturated heterocycles. The number of nitrogens with zero attached hydrogens (tertiary/aromatic N) is 3. The van der Waals surface area contributed by atoms with Crippen LogP contribution in [0.5, 0.6) is 0 Å². The number of benzene rings is 1. The molecule has 0 fully saturated rings. The van der Waals surface area contributed by atoms with Crippen LogP contribution < -0.4 is 5.43 Å². The van der Waals surface area contributed by atoms with Gasteiger partial charge in [0.15, 0.2) is 0 Å². The number of amides is 1. The van der Waals surface area contributed by atoms with Crippen molar-refractivity contribution in [3.63, 3.8) is 0 Å². The molecule has 2 rings (SSSR count). The van der Waals surface area contributed by atoms with Crippen molar-refractivity contribution in [2.45, 2.75) is 33.7 Å². The van der Waals surface area contributed by atoms with Crippen LogP contribution in [-0.2, 0) is 0 Å². The van der Waals surface area contributed by atoms with Crippen LogP contribution in [0.4, 0.5) is 4.39 Å². The molecule has 0 radical (unpaired) electrons. The van der Waals surface area contributed by atoms with Crippen molar-refractivity contribution in [2.24, 2.45) is 5.10 Å². The van der Waals surface area contributed by atoms with Gasteiger partial charge in [-0.2, -0.15) is 10.4 Å². The van der Waals surface area contributed by atoms with Gasteiger partial charge in [-0.3, -0.25) is 4.79 Å². The molecule has 0 unspecified atom stereocenters. The summed E-state index contributed by atoms with van der Waals surface area (Å²) in [6.07, 6.45) is 1.54. The second kappa shape index (κ2) is 7.09. The molecule has 0 aliphatic rings. The standard InChI is InChI=1S/C18H19FN4O/c1-11(2)23-12(3)7-15(13(23)4)10-21-22-18(24)16-6-5-14(9-20)8-17(16)19/h5-8,10-11H,1-4H3,(H,22,24)/b21-10+. The Morgan fingerprint density at radius 2 is 2.08 bits per heavy atom. The van der Waals surface area contributed by atoms with Crippen LogP contribution in [0.25, 0.3) is 0 Å². The third-order valence-electron chi connectivity index (χ3n) is 3.75. The van der Waals surface area contributed by atoms with Gasteiger partial charge in [0.05, 0.1) is 23.4 Å². The van der Waals surface area contributed by atoms with E-state index < -0.39 is 11.7 Å². The van der Waals surface area contributed by atoms with Crippen LogP contribution in [0, 0.1) is 31.0 Å². The molecule has 0 saturated carbocycles. The monoisotopic (exact) mass is 326 g/mol. The van der Waals surface area contributed by atoms with E-state index in [4.69, 9.17) is 5.26 Å². The quantitative estimate of drug-likeness (QED) is 0.690. The van der Waals surface area contributed by atoms with Gasteiger partial charge in [0, 0.05) is 23.0 Å². The zero-order valence-corrected chi connectivity index (χ0v) is 14.1. The minimum Gasteiger partial charge on any atom is -0.346 e. The fraction of sp³-hybridized carbons (Fsp3) is 0.278. The first-order valence-electron chi connectivity index (χ1n) is 7.56. The Bertz CT molecular complexity index is 843. The third-order valence-corrected chi connectivity index (χ3v) is 3.75. The van der Waals surface area contributed by atoms with Gasteiger partial charge in [0.2, 0.25) is 0 Å². The zero-order valence-electron chi connectivity index (χ0n) is 14.1. The van der Waals surface area contributed by atoms with E-state index in [1.54, 1.807) is 6.21 Å². The van der Waals surface area contributed by atoms with Crippen LogP contribution in [0.3, 0.4) is 0 Å². The SMILES string of the molecule is Cc1cc(/C=N/NC(=O)c2ccc(C#N)cc2F)c(C)n1C(C)C. The number of halogens is 1. The van der Waals surface area contributed by atoms with Crippen molar-refractivity contribution in [2.75, 3.05) is 0 Å². The van der Waals surface area contributed by atoms with Gasteiger partial charge in [-0.05, 0) is 52.0 Å². The van der Waals surface area contributed by atoms with Crippen molar-refractivity contribution >= 4 is 12.1 Å². The van der Waals surface area contributed by atoms with Crippen LogP contribution in [0.1, 0.15) is 52.8 Å². The first-order chi connectivity index (χ1) is 11.3. The molecule has 1 amide bonds. The number of carbonyl (C=O) groups is 1. The Morgan fingerprint density at radius 1 is 1.38 bits per heavy atom. The van der Waals surface area contributed by atoms with E-state index in [2.05, 4.69) is 28.9 Å². The van der Waals surface area contributed by atoms with E-state index in [-0.39, 0.29) is 11.1 Å². The topological polar surface area (TPSA) is 70.2 Å². The summed E-state index contributed by atoms with van der Waals surface area (Å²) in [7, 11) is 0. The maximum absolute atomic E-state index is 13.8. The van der Waals surface area contributed by atoms with Gasteiger partial charge < -0.3 is 4.57 Å². The van der Waals surface area contributed by atoms with Crippen LogP contribution in [0.2, 0.25) is 0 Å². The van der Waals surface area contributed by atoms with Crippen molar-refractivity contribution < 1.29 is 9.18 Å². The highest BCUT2D eigenvalue weighted by Gasteiger charge is 2.12. The smallest absolute Gasteiger partial charge is 0.274 e. The molecule has 1 heterocycles. The summed E-state index contributed by atoms with van der Waals surface area (Å²) in [4.78, 5) is 12.0. The lowest BCUT2D eigenvalue weighted by atomic mass is 10.1. The second-order valence-corrected chi connectivity index (χ2v) is 5.80. The number of hydrogen-bond acceptors (Lipinski definition) is 3. The normalized spacial score (nSPS) is 11.0. The summed E-state index contributed by atoms with van der Waals surface area (Å²) in [6, 6.07) is 7.80. The molecule has 1 aromatic heterocycles. The Balaban J connectivity index is 2.14. The maximum atomic E-state index is 13.8. The van der Waals surface area contributed by atoms with E-state index in [9.17, 15) is 9.18 Å². The average molecular weight is 326 g/mol. The molecule has 0 aliphatic carbocycles. The van der Waals surface area contributed by atoms with Crippen LogP contribution in [0.15, 0.2) is 29.4 Å². The number of nitrogens with one attached hydrogen (secondary N) is 1. The largest absolute Gasteiger partial charge is 0.346 e. The van der Waals surface area contributed by atoms with E-state index in [0.29, 0.717) is 6.04 Å². The average Bonchev–Trinajstić information content (AvgIpc) is 2.81. The highest BCUT2D eigenvalue weighted by Crippen LogP contribution is 2.18. The van der Waals surface area contributed by atoms with Crippen molar-refractivity contribution in [1.29, 1.82) is 5.26 Å². The summed E-state index contributed by atoms with van der Waals surface area (Å²) < 4.78 is 15.9. The molecule has 1 aromatic carbocycles. The molecule has 2 aromatic rings. The van der Waals surface area contributed by atoms with Gasteiger partial charge >= 0.3 is 0 Å². The van der Waals surface area contributed by atoms with Gasteiger partial charge in [-0.15, -0.1) is 0 Å². The summed E-state index contributed by atoms with van der Waals surface area (Å²) in [6.45, 7) is 8.18. The first kappa shape index (κ1) is 17.4. The number of aromatic nitrogens is 1. The van der Waals surface area contributed by atoms with Crippen LogP contribution in [-0.4, -0.2) is 16.7 Å². The molecule has 24 heavy (non-hydrogen) atoms. The van der Waals surface area contributed by atoms with Gasteiger partial charge in [0.1, 0.15) is 5.82 Å². The zero-order chi connectivity index (χ0) is 17.9. The van der Waals surface area contributed by atoms with E-state index in [0.717, 1.165) is 23.0 Å². The predicted octanol–water partition coefficient (Wildman–Crippen LogP) is 3.46. The second-order valence-electron chi connectivity index (χ2n) is 5.80. The molecular formula is C18H19FN4O. The number of aryl methyl sites for hydroxylation is 1. The molecule has 5 nitrogen and oxygen atoms in total. The number of hydrogen-bond donors (Lipinski definition) is 1. The number of carbonyl (C=O) groups excluding carboxylic acids is 1. The van der Waals surface area contributed by atoms with E-state index in [1.165, 1.54) is 12.1 Å². The fourth-order valence-electron chi connectivity index (χ4n) is 2.72. The summed E-state index contributed by atoms with van der Waals surface area (Å²) in [5.41, 5.74) is 5.36. The molecule has 0 bridgehead atoms. The molecule has 6 heteroatoms. The predicted molar refractivity (Wildman–Crippen MR) is 90.5 cm³/mol. The van der Waals surface area contributed by atoms with Crippen molar-refractivity contribution in [3.05, 3.63) is 58.2 Å². The Kier molecular flexibility index (Phi) is 5.14. The Hall–Kier alpha value is -2.94. The molecule has 0 aliphatic heterocycles. The summed E-state index contributed by atoms with van der Waals surface area (Å²) >= 11 is 0. The lowest BCUT2D eigenvalue weighted by Gasteiger charge is -2.13. The third kappa shape index (κ3) is 3.51. The number of rotatable bonds is 4. The minimum absolute atomic E-state index is 0.154. The van der Waals surface area contributed by atoms with Crippen molar-refractivity contribution in [3.8, 4) is 6.07 Å². The highest BCUT2D eigenvalue weighted by atomic mass is 19.1. The summed E-state index contributed by atoms with van der Waals surface area (Å²) in [5, 5.41) is 12.6. The van der Waals surface area contributed by atoms with Gasteiger partial charge in [-0.25, -0.2) is 9.82 Å². The molecule has 1 N–H and O–H groups in total. The molecule has 0 spiro atoms. The Labute approximate surface area is 140 Å². The van der Waals surface area contributed by atoms with E-state index >= 15 is 0 Å². The molecule has 124 valence electrons. The fourth-order valence-corrected chi connectivity index (χ4v) is 2.72. The Morgan fingerprint density at radius 3 is 2.62 bits per heavy atom. The van der Waals surface area contributed by atoms with Gasteiger partial charge in [-0.1, -0.05) is 0 Å².